The molecule has 4 nitrogen and oxygen atoms in total. The zero-order valence-electron chi connectivity index (χ0n) is 6.20. The van der Waals surface area contributed by atoms with Crippen LogP contribution in [0.4, 0.5) is 0 Å². The van der Waals surface area contributed by atoms with Gasteiger partial charge in [0.25, 0.3) is 0 Å². The maximum absolute atomic E-state index is 8.08. The van der Waals surface area contributed by atoms with Crippen LogP contribution >= 0.6 is 0 Å². The lowest BCUT2D eigenvalue weighted by Gasteiger charge is -2.02. The summed E-state index contributed by atoms with van der Waals surface area (Å²) in [5.41, 5.74) is 0. The summed E-state index contributed by atoms with van der Waals surface area (Å²) in [4.78, 5) is 2.76. The van der Waals surface area contributed by atoms with Crippen molar-refractivity contribution in [3.8, 4) is 0 Å². The van der Waals surface area contributed by atoms with Crippen LogP contribution in [-0.2, 0) is 9.47 Å². The lowest BCUT2D eigenvalue weighted by molar-refractivity contribution is 0.0467. The van der Waals surface area contributed by atoms with Gasteiger partial charge in [0.05, 0.1) is 13.2 Å². The zero-order chi connectivity index (χ0) is 7.82. The minimum absolute atomic E-state index is 0.243. The van der Waals surface area contributed by atoms with E-state index < -0.39 is 0 Å². The minimum atomic E-state index is 0.243. The van der Waals surface area contributed by atoms with Crippen molar-refractivity contribution in [2.24, 2.45) is 0 Å². The number of diazo groups is 1. The first-order valence-corrected chi connectivity index (χ1v) is 3.15. The van der Waals surface area contributed by atoms with Crippen molar-refractivity contribution in [2.45, 2.75) is 13.8 Å². The van der Waals surface area contributed by atoms with Crippen LogP contribution < -0.4 is 0 Å². The Hall–Kier alpha value is -1.24. The summed E-state index contributed by atoms with van der Waals surface area (Å²) in [6.45, 7) is 4.65. The van der Waals surface area contributed by atoms with E-state index >= 15 is 0 Å². The molecular formula is C6H11N2O2+. The second kappa shape index (κ2) is 5.89. The van der Waals surface area contributed by atoms with E-state index in [0.717, 1.165) is 6.20 Å². The highest BCUT2D eigenvalue weighted by atomic mass is 16.7. The maximum atomic E-state index is 8.08. The molecule has 0 rings (SSSR count). The van der Waals surface area contributed by atoms with Gasteiger partial charge >= 0.3 is 12.1 Å². The quantitative estimate of drug-likeness (QED) is 0.444. The summed E-state index contributed by atoms with van der Waals surface area (Å²) >= 11 is 0. The van der Waals surface area contributed by atoms with Crippen LogP contribution in [0, 0.1) is 5.39 Å². The molecule has 0 spiro atoms. The van der Waals surface area contributed by atoms with Crippen LogP contribution in [0.2, 0.25) is 0 Å². The lowest BCUT2D eigenvalue weighted by atomic mass is 10.8. The van der Waals surface area contributed by atoms with Gasteiger partial charge in [0.15, 0.2) is 4.98 Å². The zero-order valence-corrected chi connectivity index (χ0v) is 6.20. The number of hydrogen-bond acceptors (Lipinski definition) is 3. The first-order valence-electron chi connectivity index (χ1n) is 3.15. The number of rotatable bonds is 4. The molecule has 0 saturated carbocycles. The Morgan fingerprint density at radius 2 is 1.90 bits per heavy atom. The number of hydrogen-bond donors (Lipinski definition) is 0. The van der Waals surface area contributed by atoms with Gasteiger partial charge in [0.2, 0.25) is 5.39 Å². The SMILES string of the molecule is CCOC(=C[N+]#N)OCC. The summed E-state index contributed by atoms with van der Waals surface area (Å²) in [6, 6.07) is 0. The average Bonchev–Trinajstić information content (AvgIpc) is 1.90. The maximum Gasteiger partial charge on any atom is 0.429 e. The second-order valence-corrected chi connectivity index (χ2v) is 1.43. The van der Waals surface area contributed by atoms with Gasteiger partial charge in [-0.1, -0.05) is 0 Å². The summed E-state index contributed by atoms with van der Waals surface area (Å²) < 4.78 is 9.82. The fourth-order valence-corrected chi connectivity index (χ4v) is 0.448. The molecule has 0 atom stereocenters. The van der Waals surface area contributed by atoms with Gasteiger partial charge in [-0.25, -0.2) is 0 Å². The molecule has 56 valence electrons. The number of nitrogens with zero attached hydrogens (tertiary/aromatic N) is 2. The minimum Gasteiger partial charge on any atom is -0.460 e. The predicted octanol–water partition coefficient (Wildman–Crippen LogP) is 1.71. The van der Waals surface area contributed by atoms with E-state index in [0.29, 0.717) is 13.2 Å². The monoisotopic (exact) mass is 143 g/mol. The normalized spacial score (nSPS) is 7.70. The Morgan fingerprint density at radius 1 is 1.40 bits per heavy atom. The molecule has 10 heavy (non-hydrogen) atoms. The fraction of sp³-hybridized carbons (Fsp3) is 0.667. The molecule has 0 amide bonds. The van der Waals surface area contributed by atoms with Crippen LogP contribution in [0.15, 0.2) is 12.1 Å². The Kier molecular flexibility index (Phi) is 5.16. The standard InChI is InChI=1S/C6H11N2O2/c1-3-9-6(5-8-7)10-4-2/h5H,3-4H2,1-2H3/q+1. The van der Waals surface area contributed by atoms with E-state index in [9.17, 15) is 0 Å². The predicted molar refractivity (Wildman–Crippen MR) is 36.4 cm³/mol. The molecule has 0 N–H and O–H groups in total. The highest BCUT2D eigenvalue weighted by Crippen LogP contribution is 1.98. The highest BCUT2D eigenvalue weighted by Gasteiger charge is 2.02. The van der Waals surface area contributed by atoms with Crippen molar-refractivity contribution in [2.75, 3.05) is 13.2 Å². The largest absolute Gasteiger partial charge is 0.460 e. The van der Waals surface area contributed by atoms with Crippen LogP contribution in [-0.4, -0.2) is 13.2 Å². The van der Waals surface area contributed by atoms with Crippen LogP contribution in [0.3, 0.4) is 0 Å². The van der Waals surface area contributed by atoms with E-state index in [1.165, 1.54) is 0 Å². The molecule has 0 aliphatic rings. The molecule has 4 heteroatoms. The van der Waals surface area contributed by atoms with Gasteiger partial charge < -0.3 is 9.47 Å². The molecule has 0 bridgehead atoms. The Labute approximate surface area is 60.1 Å². The summed E-state index contributed by atoms with van der Waals surface area (Å²) in [7, 11) is 0. The molecule has 0 aromatic rings. The third-order valence-electron chi connectivity index (χ3n) is 0.736. The van der Waals surface area contributed by atoms with Gasteiger partial charge in [0.1, 0.15) is 0 Å². The van der Waals surface area contributed by atoms with E-state index in [4.69, 9.17) is 14.9 Å². The van der Waals surface area contributed by atoms with Gasteiger partial charge in [0, 0.05) is 0 Å². The van der Waals surface area contributed by atoms with Crippen LogP contribution in [0.25, 0.3) is 4.98 Å². The van der Waals surface area contributed by atoms with Crippen molar-refractivity contribution in [1.82, 2.24) is 0 Å². The number of ether oxygens (including phenoxy) is 2. The van der Waals surface area contributed by atoms with Crippen LogP contribution in [0.1, 0.15) is 13.8 Å². The summed E-state index contributed by atoms with van der Waals surface area (Å²) in [5, 5.41) is 8.08. The smallest absolute Gasteiger partial charge is 0.429 e. The van der Waals surface area contributed by atoms with Crippen molar-refractivity contribution < 1.29 is 9.47 Å². The molecule has 0 aliphatic heterocycles. The third-order valence-corrected chi connectivity index (χ3v) is 0.736. The Morgan fingerprint density at radius 3 is 2.20 bits per heavy atom. The molecule has 0 fully saturated rings. The first-order chi connectivity index (χ1) is 4.85. The summed E-state index contributed by atoms with van der Waals surface area (Å²) in [6.07, 6.45) is 1.12. The molecule has 0 aromatic carbocycles. The van der Waals surface area contributed by atoms with Crippen LogP contribution in [0.5, 0.6) is 0 Å². The van der Waals surface area contributed by atoms with Crippen molar-refractivity contribution in [3.63, 3.8) is 0 Å². The lowest BCUT2D eigenvalue weighted by Crippen LogP contribution is -1.96. The molecule has 0 unspecified atom stereocenters. The molecule has 0 aliphatic carbocycles. The van der Waals surface area contributed by atoms with E-state index in [1.807, 2.05) is 13.8 Å². The van der Waals surface area contributed by atoms with Crippen molar-refractivity contribution in [1.29, 1.82) is 5.39 Å². The van der Waals surface area contributed by atoms with E-state index in [1.54, 1.807) is 0 Å². The topological polar surface area (TPSA) is 46.6 Å². The van der Waals surface area contributed by atoms with E-state index in [2.05, 4.69) is 4.98 Å². The fourth-order valence-electron chi connectivity index (χ4n) is 0.448. The van der Waals surface area contributed by atoms with Gasteiger partial charge in [-0.3, -0.25) is 0 Å². The Bertz CT molecular complexity index is 140. The first kappa shape index (κ1) is 8.76. The average molecular weight is 143 g/mol. The van der Waals surface area contributed by atoms with E-state index in [-0.39, 0.29) is 5.95 Å². The highest BCUT2D eigenvalue weighted by molar-refractivity contribution is 4.89. The second-order valence-electron chi connectivity index (χ2n) is 1.43. The molecule has 0 aromatic heterocycles. The third kappa shape index (κ3) is 3.72. The van der Waals surface area contributed by atoms with Gasteiger partial charge in [-0.2, -0.15) is 0 Å². The van der Waals surface area contributed by atoms with Crippen molar-refractivity contribution in [3.05, 3.63) is 17.1 Å². The van der Waals surface area contributed by atoms with Gasteiger partial charge in [-0.15, -0.1) is 0 Å². The molecule has 0 radical (unpaired) electrons. The summed E-state index contributed by atoms with van der Waals surface area (Å²) in [5.74, 6) is 0.243. The molecule has 0 saturated heterocycles. The Balaban J connectivity index is 3.75. The van der Waals surface area contributed by atoms with Crippen molar-refractivity contribution >= 4 is 0 Å². The van der Waals surface area contributed by atoms with Gasteiger partial charge in [-0.05, 0) is 13.8 Å². The molecule has 0 heterocycles. The molecular weight excluding hydrogens is 132 g/mol.